The lowest BCUT2D eigenvalue weighted by Crippen LogP contribution is -2.52. The molecule has 6 nitrogen and oxygen atoms in total. The molecule has 0 atom stereocenters. The lowest BCUT2D eigenvalue weighted by atomic mass is 9.78. The second kappa shape index (κ2) is 5.98. The van der Waals surface area contributed by atoms with E-state index in [9.17, 15) is 9.59 Å². The van der Waals surface area contributed by atoms with Crippen LogP contribution in [0.5, 0.6) is 0 Å². The Morgan fingerprint density at radius 2 is 1.85 bits per heavy atom. The van der Waals surface area contributed by atoms with Gasteiger partial charge in [-0.05, 0) is 12.8 Å². The van der Waals surface area contributed by atoms with Crippen LogP contribution in [0.2, 0.25) is 0 Å². The number of aliphatic carboxylic acids is 1. The molecular weight excluding hydrogens is 258 g/mol. The number of hydrogen-bond acceptors (Lipinski definition) is 4. The van der Waals surface area contributed by atoms with Crippen molar-refractivity contribution in [2.75, 3.05) is 7.05 Å². The van der Waals surface area contributed by atoms with E-state index in [0.717, 1.165) is 32.1 Å². The third-order valence-corrected chi connectivity index (χ3v) is 4.09. The maximum absolute atomic E-state index is 12.5. The number of rotatable bonds is 4. The summed E-state index contributed by atoms with van der Waals surface area (Å²) < 4.78 is 0. The zero-order chi connectivity index (χ0) is 14.6. The first kappa shape index (κ1) is 14.4. The zero-order valence-electron chi connectivity index (χ0n) is 11.6. The molecule has 0 saturated heterocycles. The van der Waals surface area contributed by atoms with Gasteiger partial charge < -0.3 is 10.0 Å². The summed E-state index contributed by atoms with van der Waals surface area (Å²) in [6.07, 6.45) is 8.74. The summed E-state index contributed by atoms with van der Waals surface area (Å²) in [7, 11) is 1.68. The molecule has 0 unspecified atom stereocenters. The van der Waals surface area contributed by atoms with Crippen molar-refractivity contribution >= 4 is 11.9 Å². The second-order valence-electron chi connectivity index (χ2n) is 5.35. The Balaban J connectivity index is 2.24. The van der Waals surface area contributed by atoms with Gasteiger partial charge in [0.25, 0.3) is 5.91 Å². The topological polar surface area (TPSA) is 83.4 Å². The molecule has 1 aliphatic rings. The van der Waals surface area contributed by atoms with E-state index in [1.807, 2.05) is 0 Å². The SMILES string of the molecule is CN(C(=O)c1cncnc1)C1(CC(=O)O)CCCCC1. The Bertz CT molecular complexity index is 484. The third-order valence-electron chi connectivity index (χ3n) is 4.09. The fourth-order valence-electron chi connectivity index (χ4n) is 2.94. The Morgan fingerprint density at radius 1 is 1.25 bits per heavy atom. The van der Waals surface area contributed by atoms with E-state index in [1.165, 1.54) is 18.7 Å². The van der Waals surface area contributed by atoms with Gasteiger partial charge in [-0.2, -0.15) is 0 Å². The van der Waals surface area contributed by atoms with E-state index in [1.54, 1.807) is 11.9 Å². The number of carbonyl (C=O) groups excluding carboxylic acids is 1. The fourth-order valence-corrected chi connectivity index (χ4v) is 2.94. The molecule has 1 aliphatic carbocycles. The maximum Gasteiger partial charge on any atom is 0.305 e. The van der Waals surface area contributed by atoms with Gasteiger partial charge in [0.05, 0.1) is 17.5 Å². The van der Waals surface area contributed by atoms with Crippen molar-refractivity contribution in [1.29, 1.82) is 0 Å². The molecule has 20 heavy (non-hydrogen) atoms. The molecule has 0 aromatic carbocycles. The molecule has 1 aromatic heterocycles. The highest BCUT2D eigenvalue weighted by Crippen LogP contribution is 2.36. The lowest BCUT2D eigenvalue weighted by Gasteiger charge is -2.43. The van der Waals surface area contributed by atoms with Crippen LogP contribution in [0.25, 0.3) is 0 Å². The minimum absolute atomic E-state index is 0.0110. The summed E-state index contributed by atoms with van der Waals surface area (Å²) in [5.41, 5.74) is -0.192. The van der Waals surface area contributed by atoms with Crippen LogP contribution in [0.3, 0.4) is 0 Å². The standard InChI is InChI=1S/C14H19N3O3/c1-17(13(20)11-8-15-10-16-9-11)14(7-12(18)19)5-3-2-4-6-14/h8-10H,2-7H2,1H3,(H,18,19). The number of carboxylic acid groups (broad SMARTS) is 1. The summed E-state index contributed by atoms with van der Waals surface area (Å²) in [5, 5.41) is 9.17. The van der Waals surface area contributed by atoms with Crippen LogP contribution in [0.4, 0.5) is 0 Å². The largest absolute Gasteiger partial charge is 0.481 e. The monoisotopic (exact) mass is 277 g/mol. The van der Waals surface area contributed by atoms with Crippen LogP contribution >= 0.6 is 0 Å². The van der Waals surface area contributed by atoms with Gasteiger partial charge in [-0.1, -0.05) is 19.3 Å². The molecule has 1 heterocycles. The van der Waals surface area contributed by atoms with Gasteiger partial charge in [0, 0.05) is 19.4 Å². The smallest absolute Gasteiger partial charge is 0.305 e. The van der Waals surface area contributed by atoms with Gasteiger partial charge in [-0.25, -0.2) is 9.97 Å². The molecule has 0 spiro atoms. The Kier molecular flexibility index (Phi) is 4.32. The molecule has 0 bridgehead atoms. The van der Waals surface area contributed by atoms with E-state index in [2.05, 4.69) is 9.97 Å². The summed E-state index contributed by atoms with van der Waals surface area (Å²) in [4.78, 5) is 32.9. The van der Waals surface area contributed by atoms with Crippen molar-refractivity contribution < 1.29 is 14.7 Å². The quantitative estimate of drug-likeness (QED) is 0.906. The van der Waals surface area contributed by atoms with Gasteiger partial charge in [0.2, 0.25) is 0 Å². The molecule has 1 aromatic rings. The first-order valence-electron chi connectivity index (χ1n) is 6.80. The predicted molar refractivity (Wildman–Crippen MR) is 72.2 cm³/mol. The lowest BCUT2D eigenvalue weighted by molar-refractivity contribution is -0.140. The average Bonchev–Trinajstić information content (AvgIpc) is 2.47. The number of carbonyl (C=O) groups is 2. The van der Waals surface area contributed by atoms with Crippen molar-refractivity contribution in [3.63, 3.8) is 0 Å². The van der Waals surface area contributed by atoms with Crippen LogP contribution in [0.1, 0.15) is 48.9 Å². The van der Waals surface area contributed by atoms with Crippen LogP contribution < -0.4 is 0 Å². The number of nitrogens with zero attached hydrogens (tertiary/aromatic N) is 3. The highest BCUT2D eigenvalue weighted by atomic mass is 16.4. The van der Waals surface area contributed by atoms with Crippen molar-refractivity contribution in [3.8, 4) is 0 Å². The first-order valence-corrected chi connectivity index (χ1v) is 6.80. The van der Waals surface area contributed by atoms with E-state index >= 15 is 0 Å². The highest BCUT2D eigenvalue weighted by Gasteiger charge is 2.40. The molecule has 2 rings (SSSR count). The van der Waals surface area contributed by atoms with Crippen LogP contribution in [0.15, 0.2) is 18.7 Å². The maximum atomic E-state index is 12.5. The Labute approximate surface area is 117 Å². The van der Waals surface area contributed by atoms with Crippen LogP contribution in [-0.2, 0) is 4.79 Å². The van der Waals surface area contributed by atoms with Crippen LogP contribution in [0, 0.1) is 0 Å². The minimum atomic E-state index is -0.865. The van der Waals surface area contributed by atoms with Crippen molar-refractivity contribution in [1.82, 2.24) is 14.9 Å². The summed E-state index contributed by atoms with van der Waals surface area (Å²) in [5.74, 6) is -1.08. The van der Waals surface area contributed by atoms with E-state index in [-0.39, 0.29) is 12.3 Å². The van der Waals surface area contributed by atoms with Crippen molar-refractivity contribution in [3.05, 3.63) is 24.3 Å². The molecule has 1 fully saturated rings. The minimum Gasteiger partial charge on any atom is -0.481 e. The second-order valence-corrected chi connectivity index (χ2v) is 5.35. The third kappa shape index (κ3) is 2.95. The number of carboxylic acids is 1. The highest BCUT2D eigenvalue weighted by molar-refractivity contribution is 5.94. The number of aromatic nitrogens is 2. The molecule has 1 saturated carbocycles. The van der Waals surface area contributed by atoms with Crippen molar-refractivity contribution in [2.24, 2.45) is 0 Å². The fraction of sp³-hybridized carbons (Fsp3) is 0.571. The van der Waals surface area contributed by atoms with Gasteiger partial charge in [0.15, 0.2) is 0 Å². The summed E-state index contributed by atoms with van der Waals surface area (Å²) in [6, 6.07) is 0. The molecule has 1 amide bonds. The molecule has 0 radical (unpaired) electrons. The number of hydrogen-bond donors (Lipinski definition) is 1. The van der Waals surface area contributed by atoms with E-state index in [4.69, 9.17) is 5.11 Å². The normalized spacial score (nSPS) is 17.4. The molecule has 0 aliphatic heterocycles. The average molecular weight is 277 g/mol. The van der Waals surface area contributed by atoms with E-state index < -0.39 is 11.5 Å². The van der Waals surface area contributed by atoms with Gasteiger partial charge in [-0.15, -0.1) is 0 Å². The van der Waals surface area contributed by atoms with Crippen molar-refractivity contribution in [2.45, 2.75) is 44.1 Å². The predicted octanol–water partition coefficient (Wildman–Crippen LogP) is 1.73. The summed E-state index contributed by atoms with van der Waals surface area (Å²) in [6.45, 7) is 0. The zero-order valence-corrected chi connectivity index (χ0v) is 11.6. The van der Waals surface area contributed by atoms with Gasteiger partial charge >= 0.3 is 5.97 Å². The Hall–Kier alpha value is -1.98. The van der Waals surface area contributed by atoms with Gasteiger partial charge in [0.1, 0.15) is 6.33 Å². The molecule has 1 N–H and O–H groups in total. The summed E-state index contributed by atoms with van der Waals surface area (Å²) >= 11 is 0. The van der Waals surface area contributed by atoms with Gasteiger partial charge in [-0.3, -0.25) is 9.59 Å². The van der Waals surface area contributed by atoms with Crippen LogP contribution in [-0.4, -0.2) is 44.4 Å². The Morgan fingerprint density at radius 3 is 2.40 bits per heavy atom. The van der Waals surface area contributed by atoms with E-state index in [0.29, 0.717) is 5.56 Å². The first-order chi connectivity index (χ1) is 9.55. The molecular formula is C14H19N3O3. The molecule has 6 heteroatoms. The number of amides is 1. The molecule has 108 valence electrons.